The van der Waals surface area contributed by atoms with Crippen LogP contribution < -0.4 is 10.6 Å². The Kier molecular flexibility index (Phi) is 6.26. The number of aliphatic carboxylic acids is 1. The number of ether oxygens (including phenoxy) is 1. The van der Waals surface area contributed by atoms with E-state index in [0.717, 1.165) is 25.7 Å². The highest BCUT2D eigenvalue weighted by atomic mass is 16.5. The van der Waals surface area contributed by atoms with Crippen molar-refractivity contribution < 1.29 is 24.2 Å². The summed E-state index contributed by atoms with van der Waals surface area (Å²) in [6.07, 6.45) is 4.63. The molecule has 0 aromatic heterocycles. The van der Waals surface area contributed by atoms with E-state index in [9.17, 15) is 19.5 Å². The van der Waals surface area contributed by atoms with Crippen LogP contribution in [0.2, 0.25) is 0 Å². The predicted molar refractivity (Wildman–Crippen MR) is 131 cm³/mol. The highest BCUT2D eigenvalue weighted by Crippen LogP contribution is 2.45. The number of rotatable bonds is 9. The first-order chi connectivity index (χ1) is 16.9. The van der Waals surface area contributed by atoms with Crippen molar-refractivity contribution >= 4 is 18.0 Å². The molecule has 2 saturated carbocycles. The maximum absolute atomic E-state index is 12.6. The van der Waals surface area contributed by atoms with Gasteiger partial charge in [0.05, 0.1) is 5.41 Å². The van der Waals surface area contributed by atoms with E-state index < -0.39 is 17.5 Å². The van der Waals surface area contributed by atoms with Crippen molar-refractivity contribution in [2.75, 3.05) is 19.7 Å². The quantitative estimate of drug-likeness (QED) is 0.496. The van der Waals surface area contributed by atoms with Crippen molar-refractivity contribution in [3.05, 3.63) is 59.7 Å². The molecule has 0 bridgehead atoms. The van der Waals surface area contributed by atoms with Gasteiger partial charge in [0.2, 0.25) is 5.91 Å². The second-order valence-electron chi connectivity index (χ2n) is 10.4. The minimum absolute atomic E-state index is 0.00431. The van der Waals surface area contributed by atoms with E-state index in [0.29, 0.717) is 19.4 Å². The van der Waals surface area contributed by atoms with Crippen LogP contribution in [0, 0.1) is 10.8 Å². The molecule has 5 rings (SSSR count). The number of hydrogen-bond acceptors (Lipinski definition) is 4. The maximum Gasteiger partial charge on any atom is 0.407 e. The minimum atomic E-state index is -0.834. The molecule has 0 radical (unpaired) electrons. The van der Waals surface area contributed by atoms with Gasteiger partial charge in [0.15, 0.2) is 0 Å². The number of nitrogens with one attached hydrogen (secondary N) is 2. The Morgan fingerprint density at radius 2 is 1.46 bits per heavy atom. The van der Waals surface area contributed by atoms with Crippen LogP contribution in [-0.2, 0) is 14.3 Å². The molecule has 7 heteroatoms. The monoisotopic (exact) mass is 476 g/mol. The van der Waals surface area contributed by atoms with Crippen molar-refractivity contribution in [1.82, 2.24) is 10.6 Å². The molecule has 3 aliphatic rings. The number of carboxylic acid groups (broad SMARTS) is 1. The normalized spacial score (nSPS) is 18.9. The lowest BCUT2D eigenvalue weighted by Gasteiger charge is -2.42. The standard InChI is InChI=1S/C28H32N2O5/c31-24(29-18-28(25(32)33)13-6-14-28)15-27(11-5-12-27)17-30-26(34)35-16-23-21-9-3-1-7-19(21)20-8-2-4-10-22(20)23/h1-4,7-10,23H,5-6,11-18H2,(H,29,31)(H,30,34)(H,32,33). The average molecular weight is 477 g/mol. The summed E-state index contributed by atoms with van der Waals surface area (Å²) in [5.74, 6) is -0.976. The number of amides is 2. The van der Waals surface area contributed by atoms with E-state index in [1.807, 2.05) is 24.3 Å². The summed E-state index contributed by atoms with van der Waals surface area (Å²) in [6.45, 7) is 0.808. The molecule has 2 fully saturated rings. The fraction of sp³-hybridized carbons (Fsp3) is 0.464. The van der Waals surface area contributed by atoms with Crippen molar-refractivity contribution in [2.45, 2.75) is 50.9 Å². The number of carbonyl (C=O) groups is 3. The third-order valence-corrected chi connectivity index (χ3v) is 8.29. The number of alkyl carbamates (subject to hydrolysis) is 1. The number of carboxylic acids is 1. The van der Waals surface area contributed by atoms with E-state index in [1.54, 1.807) is 0 Å². The van der Waals surface area contributed by atoms with Crippen LogP contribution in [0.25, 0.3) is 11.1 Å². The molecule has 0 unspecified atom stereocenters. The van der Waals surface area contributed by atoms with E-state index in [-0.39, 0.29) is 36.8 Å². The van der Waals surface area contributed by atoms with Gasteiger partial charge in [-0.15, -0.1) is 0 Å². The van der Waals surface area contributed by atoms with Gasteiger partial charge in [-0.2, -0.15) is 0 Å². The SMILES string of the molecule is O=C(CC1(CNC(=O)OCC2c3ccccc3-c3ccccc32)CCC1)NCC1(C(=O)O)CCC1. The Bertz CT molecular complexity index is 1090. The van der Waals surface area contributed by atoms with Crippen LogP contribution in [0.1, 0.15) is 62.0 Å². The molecule has 2 amide bonds. The first-order valence-corrected chi connectivity index (χ1v) is 12.5. The van der Waals surface area contributed by atoms with Gasteiger partial charge in [0.25, 0.3) is 0 Å². The van der Waals surface area contributed by atoms with Gasteiger partial charge in [-0.1, -0.05) is 61.4 Å². The van der Waals surface area contributed by atoms with Crippen LogP contribution in [0.5, 0.6) is 0 Å². The molecule has 7 nitrogen and oxygen atoms in total. The Morgan fingerprint density at radius 3 is 1.97 bits per heavy atom. The number of hydrogen-bond donors (Lipinski definition) is 3. The largest absolute Gasteiger partial charge is 0.481 e. The maximum atomic E-state index is 12.6. The summed E-state index contributed by atoms with van der Waals surface area (Å²) in [6, 6.07) is 16.4. The van der Waals surface area contributed by atoms with Gasteiger partial charge < -0.3 is 20.5 Å². The summed E-state index contributed by atoms with van der Waals surface area (Å²) in [4.78, 5) is 36.7. The van der Waals surface area contributed by atoms with Crippen molar-refractivity contribution in [3.8, 4) is 11.1 Å². The molecule has 3 N–H and O–H groups in total. The van der Waals surface area contributed by atoms with E-state index in [1.165, 1.54) is 22.3 Å². The Balaban J connectivity index is 1.12. The molecular weight excluding hydrogens is 444 g/mol. The van der Waals surface area contributed by atoms with Gasteiger partial charge in [0, 0.05) is 25.4 Å². The van der Waals surface area contributed by atoms with Gasteiger partial charge >= 0.3 is 12.1 Å². The molecule has 35 heavy (non-hydrogen) atoms. The highest BCUT2D eigenvalue weighted by Gasteiger charge is 2.45. The molecule has 0 aliphatic heterocycles. The zero-order valence-corrected chi connectivity index (χ0v) is 19.8. The summed E-state index contributed by atoms with van der Waals surface area (Å²) in [5, 5.41) is 15.2. The van der Waals surface area contributed by atoms with Crippen LogP contribution in [-0.4, -0.2) is 42.8 Å². The van der Waals surface area contributed by atoms with Gasteiger partial charge in [-0.25, -0.2) is 4.79 Å². The lowest BCUT2D eigenvalue weighted by molar-refractivity contribution is -0.154. The third kappa shape index (κ3) is 4.51. The molecule has 184 valence electrons. The fourth-order valence-electron chi connectivity index (χ4n) is 5.74. The van der Waals surface area contributed by atoms with Crippen LogP contribution in [0.4, 0.5) is 4.79 Å². The number of fused-ring (bicyclic) bond motifs is 3. The Labute approximate surface area is 205 Å². The average Bonchev–Trinajstić information content (AvgIpc) is 3.12. The fourth-order valence-corrected chi connectivity index (χ4v) is 5.74. The first-order valence-electron chi connectivity index (χ1n) is 12.5. The van der Waals surface area contributed by atoms with Gasteiger partial charge in [-0.05, 0) is 53.4 Å². The zero-order valence-electron chi connectivity index (χ0n) is 19.8. The summed E-state index contributed by atoms with van der Waals surface area (Å²) in [7, 11) is 0. The molecule has 2 aromatic rings. The highest BCUT2D eigenvalue weighted by molar-refractivity contribution is 5.81. The van der Waals surface area contributed by atoms with E-state index in [2.05, 4.69) is 34.9 Å². The second kappa shape index (κ2) is 9.36. The lowest BCUT2D eigenvalue weighted by Crippen LogP contribution is -2.50. The number of carbonyl (C=O) groups excluding carboxylic acids is 2. The molecule has 2 aromatic carbocycles. The molecule has 0 heterocycles. The van der Waals surface area contributed by atoms with Crippen molar-refractivity contribution in [3.63, 3.8) is 0 Å². The number of benzene rings is 2. The first kappa shape index (κ1) is 23.4. The Hall–Kier alpha value is -3.35. The molecule has 3 aliphatic carbocycles. The molecule has 0 atom stereocenters. The third-order valence-electron chi connectivity index (χ3n) is 8.29. The lowest BCUT2D eigenvalue weighted by atomic mass is 9.66. The molecule has 0 saturated heterocycles. The molecule has 0 spiro atoms. The van der Waals surface area contributed by atoms with Crippen LogP contribution in [0.3, 0.4) is 0 Å². The molecular formula is C28H32N2O5. The smallest absolute Gasteiger partial charge is 0.407 e. The van der Waals surface area contributed by atoms with E-state index in [4.69, 9.17) is 4.74 Å². The summed E-state index contributed by atoms with van der Waals surface area (Å²) < 4.78 is 5.63. The predicted octanol–water partition coefficient (Wildman–Crippen LogP) is 4.46. The van der Waals surface area contributed by atoms with Gasteiger partial charge in [-0.3, -0.25) is 9.59 Å². The van der Waals surface area contributed by atoms with Crippen LogP contribution in [0.15, 0.2) is 48.5 Å². The Morgan fingerprint density at radius 1 is 0.857 bits per heavy atom. The minimum Gasteiger partial charge on any atom is -0.481 e. The summed E-state index contributed by atoms with van der Waals surface area (Å²) >= 11 is 0. The van der Waals surface area contributed by atoms with E-state index >= 15 is 0 Å². The second-order valence-corrected chi connectivity index (χ2v) is 10.4. The van der Waals surface area contributed by atoms with Crippen molar-refractivity contribution in [2.24, 2.45) is 10.8 Å². The summed E-state index contributed by atoms with van der Waals surface area (Å²) in [5.41, 5.74) is 3.61. The van der Waals surface area contributed by atoms with Crippen molar-refractivity contribution in [1.29, 1.82) is 0 Å². The topological polar surface area (TPSA) is 105 Å². The van der Waals surface area contributed by atoms with Gasteiger partial charge in [0.1, 0.15) is 6.61 Å². The zero-order chi connectivity index (χ0) is 24.5. The van der Waals surface area contributed by atoms with Crippen LogP contribution >= 0.6 is 0 Å².